The van der Waals surface area contributed by atoms with Crippen LogP contribution in [0.4, 0.5) is 0 Å². The van der Waals surface area contributed by atoms with Crippen LogP contribution in [0.5, 0.6) is 0 Å². The van der Waals surface area contributed by atoms with Gasteiger partial charge in [-0.25, -0.2) is 8.42 Å². The Kier molecular flexibility index (Phi) is 2.19. The van der Waals surface area contributed by atoms with Crippen molar-refractivity contribution in [3.63, 3.8) is 0 Å². The van der Waals surface area contributed by atoms with Crippen LogP contribution in [0.15, 0.2) is 9.68 Å². The molecule has 0 saturated heterocycles. The zero-order chi connectivity index (χ0) is 10.3. The molecule has 1 heterocycles. The molecule has 0 aromatic carbocycles. The molecule has 0 N–H and O–H groups in total. The molecule has 6 heteroatoms. The number of rotatable bonds is 1. The van der Waals surface area contributed by atoms with E-state index in [1.807, 2.05) is 20.8 Å². The van der Waals surface area contributed by atoms with Crippen LogP contribution in [-0.2, 0) is 15.3 Å². The Bertz CT molecular complexity index is 400. The highest BCUT2D eigenvalue weighted by molar-refractivity contribution is 7.90. The molecule has 0 spiro atoms. The van der Waals surface area contributed by atoms with E-state index < -0.39 is 9.84 Å². The monoisotopic (exact) mass is 204 g/mol. The van der Waals surface area contributed by atoms with Crippen molar-refractivity contribution in [3.05, 3.63) is 5.89 Å². The summed E-state index contributed by atoms with van der Waals surface area (Å²) in [4.78, 5) is 3.79. The van der Waals surface area contributed by atoms with Gasteiger partial charge in [-0.05, 0) is 5.16 Å². The van der Waals surface area contributed by atoms with Crippen LogP contribution in [0.3, 0.4) is 0 Å². The van der Waals surface area contributed by atoms with Crippen LogP contribution in [0.1, 0.15) is 26.7 Å². The summed E-state index contributed by atoms with van der Waals surface area (Å²) in [6.07, 6.45) is 1.05. The molecule has 1 aromatic rings. The van der Waals surface area contributed by atoms with Gasteiger partial charge in [0.05, 0.1) is 0 Å². The van der Waals surface area contributed by atoms with Gasteiger partial charge in [0.2, 0.25) is 15.7 Å². The van der Waals surface area contributed by atoms with Crippen LogP contribution in [0.2, 0.25) is 0 Å². The summed E-state index contributed by atoms with van der Waals surface area (Å²) in [6.45, 7) is 5.60. The van der Waals surface area contributed by atoms with Crippen LogP contribution in [0, 0.1) is 0 Å². The molecule has 0 aliphatic rings. The van der Waals surface area contributed by atoms with Gasteiger partial charge < -0.3 is 4.52 Å². The van der Waals surface area contributed by atoms with Crippen molar-refractivity contribution in [2.75, 3.05) is 6.26 Å². The van der Waals surface area contributed by atoms with Gasteiger partial charge in [-0.1, -0.05) is 20.8 Å². The maximum Gasteiger partial charge on any atom is 0.287 e. The predicted octanol–water partition coefficient (Wildman–Crippen LogP) is 0.771. The summed E-state index contributed by atoms with van der Waals surface area (Å²) in [5.41, 5.74) is -0.323. The summed E-state index contributed by atoms with van der Waals surface area (Å²) >= 11 is 0. The van der Waals surface area contributed by atoms with E-state index in [2.05, 4.69) is 10.1 Å². The Morgan fingerprint density at radius 3 is 2.08 bits per heavy atom. The lowest BCUT2D eigenvalue weighted by Crippen LogP contribution is -2.12. The minimum absolute atomic E-state index is 0.252. The fourth-order valence-electron chi connectivity index (χ4n) is 0.665. The maximum atomic E-state index is 11.0. The summed E-state index contributed by atoms with van der Waals surface area (Å²) < 4.78 is 26.8. The Morgan fingerprint density at radius 2 is 1.85 bits per heavy atom. The van der Waals surface area contributed by atoms with Gasteiger partial charge in [-0.15, -0.1) is 0 Å². The number of aromatic nitrogens is 2. The standard InChI is InChI=1S/C7H12N2O3S/c1-7(2,3)5-8-6(9-12-5)13(4,10)11/h1-4H3. The number of hydrogen-bond acceptors (Lipinski definition) is 5. The summed E-state index contributed by atoms with van der Waals surface area (Å²) in [5.74, 6) is 0.327. The lowest BCUT2D eigenvalue weighted by atomic mass is 9.97. The summed E-state index contributed by atoms with van der Waals surface area (Å²) in [6, 6.07) is 0. The third-order valence-corrected chi connectivity index (χ3v) is 2.21. The first-order valence-corrected chi connectivity index (χ1v) is 5.64. The highest BCUT2D eigenvalue weighted by atomic mass is 32.2. The molecule has 0 bridgehead atoms. The van der Waals surface area contributed by atoms with Crippen molar-refractivity contribution in [1.82, 2.24) is 10.1 Å². The fourth-order valence-corrected chi connectivity index (χ4v) is 1.09. The van der Waals surface area contributed by atoms with Gasteiger partial charge in [0.25, 0.3) is 5.16 Å². The molecular formula is C7H12N2O3S. The van der Waals surface area contributed by atoms with E-state index >= 15 is 0 Å². The SMILES string of the molecule is CC(C)(C)c1nc(S(C)(=O)=O)no1. The zero-order valence-corrected chi connectivity index (χ0v) is 8.84. The third kappa shape index (κ3) is 2.27. The smallest absolute Gasteiger partial charge is 0.287 e. The quantitative estimate of drug-likeness (QED) is 0.675. The second kappa shape index (κ2) is 2.80. The van der Waals surface area contributed by atoms with E-state index in [1.54, 1.807) is 0 Å². The van der Waals surface area contributed by atoms with Crippen LogP contribution in [-0.4, -0.2) is 24.8 Å². The van der Waals surface area contributed by atoms with Crippen molar-refractivity contribution in [1.29, 1.82) is 0 Å². The second-order valence-electron chi connectivity index (χ2n) is 3.90. The van der Waals surface area contributed by atoms with E-state index in [-0.39, 0.29) is 10.6 Å². The molecule has 0 saturated carbocycles. The summed E-state index contributed by atoms with van der Waals surface area (Å²) in [7, 11) is -3.36. The molecule has 0 atom stereocenters. The summed E-state index contributed by atoms with van der Waals surface area (Å²) in [5, 5.41) is 3.13. The molecule has 0 fully saturated rings. The number of hydrogen-bond donors (Lipinski definition) is 0. The largest absolute Gasteiger partial charge is 0.338 e. The number of nitrogens with zero attached hydrogens (tertiary/aromatic N) is 2. The molecule has 1 rings (SSSR count). The maximum absolute atomic E-state index is 11.0. The van der Waals surface area contributed by atoms with E-state index in [0.29, 0.717) is 5.89 Å². The minimum atomic E-state index is -3.36. The molecule has 0 radical (unpaired) electrons. The topological polar surface area (TPSA) is 73.1 Å². The Balaban J connectivity index is 3.16. The Hall–Kier alpha value is -0.910. The van der Waals surface area contributed by atoms with Crippen LogP contribution in [0.25, 0.3) is 0 Å². The van der Waals surface area contributed by atoms with Crippen molar-refractivity contribution in [2.45, 2.75) is 31.3 Å². The fraction of sp³-hybridized carbons (Fsp3) is 0.714. The lowest BCUT2D eigenvalue weighted by molar-refractivity contribution is 0.315. The van der Waals surface area contributed by atoms with Gasteiger partial charge in [-0.3, -0.25) is 0 Å². The van der Waals surface area contributed by atoms with Crippen molar-refractivity contribution >= 4 is 9.84 Å². The van der Waals surface area contributed by atoms with Gasteiger partial charge in [0.1, 0.15) is 0 Å². The second-order valence-corrected chi connectivity index (χ2v) is 5.81. The highest BCUT2D eigenvalue weighted by Gasteiger charge is 2.24. The Morgan fingerprint density at radius 1 is 1.31 bits per heavy atom. The Labute approximate surface area is 77.1 Å². The molecule has 0 amide bonds. The highest BCUT2D eigenvalue weighted by Crippen LogP contribution is 2.20. The number of sulfone groups is 1. The van der Waals surface area contributed by atoms with E-state index in [9.17, 15) is 8.42 Å². The molecule has 1 aromatic heterocycles. The van der Waals surface area contributed by atoms with E-state index in [4.69, 9.17) is 4.52 Å². The van der Waals surface area contributed by atoms with E-state index in [0.717, 1.165) is 6.26 Å². The lowest BCUT2D eigenvalue weighted by Gasteiger charge is -2.10. The normalized spacial score (nSPS) is 13.2. The first-order chi connectivity index (χ1) is 5.71. The van der Waals surface area contributed by atoms with Crippen molar-refractivity contribution in [3.8, 4) is 0 Å². The molecule has 5 nitrogen and oxygen atoms in total. The van der Waals surface area contributed by atoms with Crippen molar-refractivity contribution < 1.29 is 12.9 Å². The average Bonchev–Trinajstić information content (AvgIpc) is 2.28. The first-order valence-electron chi connectivity index (χ1n) is 3.75. The van der Waals surface area contributed by atoms with Crippen molar-refractivity contribution in [2.24, 2.45) is 0 Å². The predicted molar refractivity (Wildman–Crippen MR) is 46.1 cm³/mol. The van der Waals surface area contributed by atoms with Crippen LogP contribution < -0.4 is 0 Å². The van der Waals surface area contributed by atoms with Gasteiger partial charge in [-0.2, -0.15) is 4.98 Å². The molecule has 13 heavy (non-hydrogen) atoms. The molecular weight excluding hydrogens is 192 g/mol. The van der Waals surface area contributed by atoms with Gasteiger partial charge in [0, 0.05) is 11.7 Å². The molecule has 0 aliphatic heterocycles. The molecule has 0 unspecified atom stereocenters. The first kappa shape index (κ1) is 10.2. The van der Waals surface area contributed by atoms with Crippen LogP contribution >= 0.6 is 0 Å². The zero-order valence-electron chi connectivity index (χ0n) is 8.03. The minimum Gasteiger partial charge on any atom is -0.338 e. The van der Waals surface area contributed by atoms with E-state index in [1.165, 1.54) is 0 Å². The average molecular weight is 204 g/mol. The van der Waals surface area contributed by atoms with Gasteiger partial charge >= 0.3 is 0 Å². The third-order valence-electron chi connectivity index (χ3n) is 1.38. The van der Waals surface area contributed by atoms with Gasteiger partial charge in [0.15, 0.2) is 0 Å². The molecule has 74 valence electrons. The molecule has 0 aliphatic carbocycles.